The van der Waals surface area contributed by atoms with Crippen LogP contribution in [0.4, 0.5) is 0 Å². The molecule has 0 aliphatic carbocycles. The minimum atomic E-state index is 0.465. The van der Waals surface area contributed by atoms with Gasteiger partial charge in [-0.3, -0.25) is 0 Å². The smallest absolute Gasteiger partial charge is 0.0317 e. The van der Waals surface area contributed by atoms with Gasteiger partial charge in [-0.05, 0) is 36.1 Å². The number of nitrogens with one attached hydrogen (secondary N) is 1. The number of benzene rings is 2. The van der Waals surface area contributed by atoms with Crippen molar-refractivity contribution in [3.63, 3.8) is 0 Å². The lowest BCUT2D eigenvalue weighted by molar-refractivity contribution is 0.539. The minimum absolute atomic E-state index is 0.465. The number of aryl methyl sites for hydroxylation is 1. The van der Waals surface area contributed by atoms with E-state index in [1.807, 2.05) is 11.8 Å². The number of hydrogen-bond acceptors (Lipinski definition) is 2. The summed E-state index contributed by atoms with van der Waals surface area (Å²) in [6.45, 7) is 5.48. The van der Waals surface area contributed by atoms with E-state index in [0.29, 0.717) is 6.04 Å². The standard InChI is InChI=1S/C19H25NS/c1-3-16-10-12-17(13-11-16)19(4-2)20-14-15-21-18-8-6-5-7-9-18/h5-13,19-20H,3-4,14-15H2,1-2H3. The highest BCUT2D eigenvalue weighted by molar-refractivity contribution is 7.99. The van der Waals surface area contributed by atoms with Crippen LogP contribution < -0.4 is 5.32 Å². The Labute approximate surface area is 133 Å². The summed E-state index contributed by atoms with van der Waals surface area (Å²) in [5, 5.41) is 3.67. The second kappa shape index (κ2) is 8.91. The largest absolute Gasteiger partial charge is 0.309 e. The van der Waals surface area contributed by atoms with Crippen LogP contribution in [0, 0.1) is 0 Å². The van der Waals surface area contributed by atoms with E-state index in [2.05, 4.69) is 73.8 Å². The Hall–Kier alpha value is -1.25. The fourth-order valence-corrected chi connectivity index (χ4v) is 3.21. The summed E-state index contributed by atoms with van der Waals surface area (Å²) in [5.41, 5.74) is 2.81. The normalized spacial score (nSPS) is 12.3. The molecule has 0 fully saturated rings. The van der Waals surface area contributed by atoms with Crippen molar-refractivity contribution < 1.29 is 0 Å². The van der Waals surface area contributed by atoms with Crippen molar-refractivity contribution in [2.45, 2.75) is 37.6 Å². The zero-order valence-electron chi connectivity index (χ0n) is 13.0. The van der Waals surface area contributed by atoms with Crippen LogP contribution in [0.3, 0.4) is 0 Å². The van der Waals surface area contributed by atoms with E-state index in [1.165, 1.54) is 16.0 Å². The molecular weight excluding hydrogens is 274 g/mol. The molecule has 0 spiro atoms. The number of hydrogen-bond donors (Lipinski definition) is 1. The maximum Gasteiger partial charge on any atom is 0.0317 e. The van der Waals surface area contributed by atoms with Crippen LogP contribution in [0.5, 0.6) is 0 Å². The molecule has 0 amide bonds. The molecule has 1 unspecified atom stereocenters. The zero-order chi connectivity index (χ0) is 14.9. The summed E-state index contributed by atoms with van der Waals surface area (Å²) in [4.78, 5) is 1.35. The molecular formula is C19H25NS. The quantitative estimate of drug-likeness (QED) is 0.539. The lowest BCUT2D eigenvalue weighted by atomic mass is 10.0. The van der Waals surface area contributed by atoms with E-state index in [4.69, 9.17) is 0 Å². The summed E-state index contributed by atoms with van der Waals surface area (Å²) >= 11 is 1.91. The third-order valence-corrected chi connectivity index (χ3v) is 4.72. The van der Waals surface area contributed by atoms with E-state index < -0.39 is 0 Å². The second-order valence-corrected chi connectivity index (χ2v) is 6.34. The lowest BCUT2D eigenvalue weighted by Crippen LogP contribution is -2.23. The first kappa shape index (κ1) is 16.1. The van der Waals surface area contributed by atoms with Crippen molar-refractivity contribution in [1.82, 2.24) is 5.32 Å². The fraction of sp³-hybridized carbons (Fsp3) is 0.368. The van der Waals surface area contributed by atoms with Gasteiger partial charge >= 0.3 is 0 Å². The highest BCUT2D eigenvalue weighted by Crippen LogP contribution is 2.19. The molecule has 2 rings (SSSR count). The molecule has 0 saturated heterocycles. The van der Waals surface area contributed by atoms with Gasteiger partial charge in [0.25, 0.3) is 0 Å². The van der Waals surface area contributed by atoms with E-state index >= 15 is 0 Å². The first-order valence-electron chi connectivity index (χ1n) is 7.83. The van der Waals surface area contributed by atoms with Gasteiger partial charge in [-0.1, -0.05) is 56.3 Å². The van der Waals surface area contributed by atoms with Gasteiger partial charge in [0.2, 0.25) is 0 Å². The summed E-state index contributed by atoms with van der Waals surface area (Å²) in [6, 6.07) is 20.1. The maximum absolute atomic E-state index is 3.67. The van der Waals surface area contributed by atoms with Crippen LogP contribution in [0.2, 0.25) is 0 Å². The molecule has 0 bridgehead atoms. The Morgan fingerprint density at radius 3 is 2.29 bits per heavy atom. The predicted molar refractivity (Wildman–Crippen MR) is 94.0 cm³/mol. The highest BCUT2D eigenvalue weighted by atomic mass is 32.2. The summed E-state index contributed by atoms with van der Waals surface area (Å²) in [5.74, 6) is 1.10. The van der Waals surface area contributed by atoms with E-state index in [9.17, 15) is 0 Å². The van der Waals surface area contributed by atoms with Gasteiger partial charge in [-0.15, -0.1) is 11.8 Å². The van der Waals surface area contributed by atoms with Gasteiger partial charge in [-0.25, -0.2) is 0 Å². The summed E-state index contributed by atoms with van der Waals surface area (Å²) in [6.07, 6.45) is 2.24. The van der Waals surface area contributed by atoms with E-state index in [-0.39, 0.29) is 0 Å². The Morgan fingerprint density at radius 2 is 1.67 bits per heavy atom. The lowest BCUT2D eigenvalue weighted by Gasteiger charge is -2.17. The van der Waals surface area contributed by atoms with Crippen molar-refractivity contribution >= 4 is 11.8 Å². The van der Waals surface area contributed by atoms with Crippen molar-refractivity contribution in [3.8, 4) is 0 Å². The molecule has 0 saturated carbocycles. The fourth-order valence-electron chi connectivity index (χ4n) is 2.40. The maximum atomic E-state index is 3.67. The molecule has 2 aromatic carbocycles. The third-order valence-electron chi connectivity index (χ3n) is 3.70. The Morgan fingerprint density at radius 1 is 0.952 bits per heavy atom. The van der Waals surface area contributed by atoms with Gasteiger partial charge in [0.1, 0.15) is 0 Å². The highest BCUT2D eigenvalue weighted by Gasteiger charge is 2.07. The SMILES string of the molecule is CCc1ccc(C(CC)NCCSc2ccccc2)cc1. The topological polar surface area (TPSA) is 12.0 Å². The Bertz CT molecular complexity index is 507. The molecule has 1 nitrogen and oxygen atoms in total. The second-order valence-electron chi connectivity index (χ2n) is 5.17. The van der Waals surface area contributed by atoms with E-state index in [0.717, 1.165) is 25.1 Å². The summed E-state index contributed by atoms with van der Waals surface area (Å²) in [7, 11) is 0. The van der Waals surface area contributed by atoms with Crippen molar-refractivity contribution in [1.29, 1.82) is 0 Å². The molecule has 0 heterocycles. The van der Waals surface area contributed by atoms with Crippen molar-refractivity contribution in [2.24, 2.45) is 0 Å². The van der Waals surface area contributed by atoms with Crippen LogP contribution in [-0.4, -0.2) is 12.3 Å². The molecule has 21 heavy (non-hydrogen) atoms. The summed E-state index contributed by atoms with van der Waals surface area (Å²) < 4.78 is 0. The molecule has 2 aromatic rings. The molecule has 0 radical (unpaired) electrons. The average molecular weight is 299 g/mol. The third kappa shape index (κ3) is 5.22. The van der Waals surface area contributed by atoms with Gasteiger partial charge in [0.05, 0.1) is 0 Å². The Kier molecular flexibility index (Phi) is 6.84. The van der Waals surface area contributed by atoms with Crippen molar-refractivity contribution in [2.75, 3.05) is 12.3 Å². The number of thioether (sulfide) groups is 1. The van der Waals surface area contributed by atoms with Crippen LogP contribution >= 0.6 is 11.8 Å². The Balaban J connectivity index is 1.79. The number of rotatable bonds is 8. The monoisotopic (exact) mass is 299 g/mol. The molecule has 0 aliphatic rings. The van der Waals surface area contributed by atoms with Gasteiger partial charge in [-0.2, -0.15) is 0 Å². The zero-order valence-corrected chi connectivity index (χ0v) is 13.8. The van der Waals surface area contributed by atoms with Gasteiger partial charge in [0.15, 0.2) is 0 Å². The first-order valence-corrected chi connectivity index (χ1v) is 8.82. The first-order chi connectivity index (χ1) is 10.3. The molecule has 1 atom stereocenters. The van der Waals surface area contributed by atoms with Crippen LogP contribution in [0.15, 0.2) is 59.5 Å². The molecule has 0 aromatic heterocycles. The van der Waals surface area contributed by atoms with Crippen LogP contribution in [0.1, 0.15) is 37.4 Å². The predicted octanol–water partition coefficient (Wildman–Crippen LogP) is 5.08. The molecule has 1 N–H and O–H groups in total. The van der Waals surface area contributed by atoms with Crippen LogP contribution in [-0.2, 0) is 6.42 Å². The van der Waals surface area contributed by atoms with Crippen molar-refractivity contribution in [3.05, 3.63) is 65.7 Å². The minimum Gasteiger partial charge on any atom is -0.309 e. The van der Waals surface area contributed by atoms with Gasteiger partial charge in [0, 0.05) is 23.2 Å². The van der Waals surface area contributed by atoms with Gasteiger partial charge < -0.3 is 5.32 Å². The molecule has 112 valence electrons. The average Bonchev–Trinajstić information content (AvgIpc) is 2.56. The molecule has 2 heteroatoms. The molecule has 0 aliphatic heterocycles. The van der Waals surface area contributed by atoms with E-state index in [1.54, 1.807) is 0 Å². The van der Waals surface area contributed by atoms with Crippen LogP contribution in [0.25, 0.3) is 0 Å².